The number of nitrogen functional groups attached to an aromatic ring is 1. The average Bonchev–Trinajstić information content (AvgIpc) is 2.94. The van der Waals surface area contributed by atoms with E-state index in [0.29, 0.717) is 10.8 Å². The number of benzene rings is 1. The highest BCUT2D eigenvalue weighted by Crippen LogP contribution is 2.33. The van der Waals surface area contributed by atoms with Crippen LogP contribution in [-0.4, -0.2) is 20.2 Å². The molecule has 3 aromatic rings. The molecule has 0 aliphatic rings. The lowest BCUT2D eigenvalue weighted by atomic mass is 10.0. The molecule has 1 aromatic carbocycles. The summed E-state index contributed by atoms with van der Waals surface area (Å²) in [5.74, 6) is 0.425. The van der Waals surface area contributed by atoms with E-state index in [2.05, 4.69) is 20.2 Å². The van der Waals surface area contributed by atoms with Crippen molar-refractivity contribution in [1.29, 1.82) is 0 Å². The molecule has 0 amide bonds. The van der Waals surface area contributed by atoms with Gasteiger partial charge in [-0.1, -0.05) is 23.7 Å². The van der Waals surface area contributed by atoms with Gasteiger partial charge < -0.3 is 5.73 Å². The van der Waals surface area contributed by atoms with Gasteiger partial charge in [-0.3, -0.25) is 5.10 Å². The van der Waals surface area contributed by atoms with Gasteiger partial charge in [0.25, 0.3) is 0 Å². The molecular weight excluding hydrogens is 262 g/mol. The first-order valence-electron chi connectivity index (χ1n) is 5.61. The van der Waals surface area contributed by atoms with E-state index in [1.165, 1.54) is 6.33 Å². The van der Waals surface area contributed by atoms with Crippen LogP contribution in [0, 0.1) is 0 Å². The first-order valence-corrected chi connectivity index (χ1v) is 5.99. The molecule has 19 heavy (non-hydrogen) atoms. The second kappa shape index (κ2) is 4.70. The lowest BCUT2D eigenvalue weighted by Gasteiger charge is -2.09. The van der Waals surface area contributed by atoms with Crippen LogP contribution in [0.1, 0.15) is 0 Å². The minimum Gasteiger partial charge on any atom is -0.383 e. The fourth-order valence-corrected chi connectivity index (χ4v) is 2.03. The fourth-order valence-electron chi connectivity index (χ4n) is 1.90. The van der Waals surface area contributed by atoms with Crippen molar-refractivity contribution in [3.8, 4) is 22.4 Å². The molecule has 0 fully saturated rings. The molecule has 0 saturated carbocycles. The van der Waals surface area contributed by atoms with E-state index in [9.17, 15) is 0 Å². The Labute approximate surface area is 114 Å². The van der Waals surface area contributed by atoms with E-state index in [4.69, 9.17) is 17.3 Å². The summed E-state index contributed by atoms with van der Waals surface area (Å²) in [5, 5.41) is 7.36. The zero-order valence-corrected chi connectivity index (χ0v) is 10.6. The van der Waals surface area contributed by atoms with Crippen molar-refractivity contribution in [1.82, 2.24) is 20.2 Å². The Morgan fingerprint density at radius 3 is 2.53 bits per heavy atom. The first kappa shape index (κ1) is 11.7. The number of aromatic nitrogens is 4. The van der Waals surface area contributed by atoms with Crippen LogP contribution in [0.5, 0.6) is 0 Å². The molecule has 0 aliphatic carbocycles. The van der Waals surface area contributed by atoms with Gasteiger partial charge in [-0.15, -0.1) is 0 Å². The van der Waals surface area contributed by atoms with E-state index >= 15 is 0 Å². The molecule has 5 nitrogen and oxygen atoms in total. The van der Waals surface area contributed by atoms with Crippen molar-refractivity contribution in [2.45, 2.75) is 0 Å². The van der Waals surface area contributed by atoms with Crippen LogP contribution in [-0.2, 0) is 0 Å². The maximum Gasteiger partial charge on any atom is 0.135 e. The molecule has 3 rings (SSSR count). The number of aromatic amines is 1. The second-order valence-corrected chi connectivity index (χ2v) is 4.41. The van der Waals surface area contributed by atoms with Gasteiger partial charge in [0.15, 0.2) is 0 Å². The van der Waals surface area contributed by atoms with Gasteiger partial charge in [0.2, 0.25) is 0 Å². The number of rotatable bonds is 2. The number of H-pyrrole nitrogens is 1. The Balaban J connectivity index is 2.22. The summed E-state index contributed by atoms with van der Waals surface area (Å²) in [4.78, 5) is 8.35. The number of hydrogen-bond acceptors (Lipinski definition) is 4. The van der Waals surface area contributed by atoms with Crippen LogP contribution < -0.4 is 5.73 Å². The third-order valence-corrected chi connectivity index (χ3v) is 3.03. The number of anilines is 1. The molecule has 2 aromatic heterocycles. The largest absolute Gasteiger partial charge is 0.383 e. The first-order chi connectivity index (χ1) is 9.25. The van der Waals surface area contributed by atoms with E-state index < -0.39 is 0 Å². The summed E-state index contributed by atoms with van der Waals surface area (Å²) in [6, 6.07) is 7.40. The molecule has 6 heteroatoms. The molecule has 0 atom stereocenters. The van der Waals surface area contributed by atoms with E-state index in [-0.39, 0.29) is 0 Å². The molecule has 0 aliphatic heterocycles. The maximum absolute atomic E-state index is 5.98. The summed E-state index contributed by atoms with van der Waals surface area (Å²) in [6.07, 6.45) is 4.90. The van der Waals surface area contributed by atoms with Gasteiger partial charge in [-0.25, -0.2) is 9.97 Å². The third-order valence-electron chi connectivity index (χ3n) is 2.78. The number of halogens is 1. The van der Waals surface area contributed by atoms with Gasteiger partial charge in [0.1, 0.15) is 12.1 Å². The zero-order chi connectivity index (χ0) is 13.2. The second-order valence-electron chi connectivity index (χ2n) is 3.98. The molecule has 2 heterocycles. The number of nitrogens with two attached hydrogens (primary N) is 1. The minimum atomic E-state index is 0.425. The van der Waals surface area contributed by atoms with E-state index in [0.717, 1.165) is 22.4 Å². The highest BCUT2D eigenvalue weighted by molar-refractivity contribution is 6.30. The summed E-state index contributed by atoms with van der Waals surface area (Å²) in [7, 11) is 0. The monoisotopic (exact) mass is 271 g/mol. The summed E-state index contributed by atoms with van der Waals surface area (Å²) in [5.41, 5.74) is 9.28. The Morgan fingerprint density at radius 1 is 1.05 bits per heavy atom. The van der Waals surface area contributed by atoms with Crippen LogP contribution in [0.3, 0.4) is 0 Å². The molecular formula is C13H10ClN5. The molecule has 0 spiro atoms. The topological polar surface area (TPSA) is 80.5 Å². The standard InChI is InChI=1S/C13H10ClN5/c14-10-3-1-8(2-4-10)11-12(9-5-18-19-6-9)16-7-17-13(11)15/h1-7H,(H,18,19)(H2,15,16,17). The summed E-state index contributed by atoms with van der Waals surface area (Å²) in [6.45, 7) is 0. The van der Waals surface area contributed by atoms with Crippen molar-refractivity contribution in [3.63, 3.8) is 0 Å². The highest BCUT2D eigenvalue weighted by Gasteiger charge is 2.13. The van der Waals surface area contributed by atoms with Gasteiger partial charge >= 0.3 is 0 Å². The highest BCUT2D eigenvalue weighted by atomic mass is 35.5. The molecule has 94 valence electrons. The van der Waals surface area contributed by atoms with Gasteiger partial charge in [0.05, 0.1) is 17.5 Å². The molecule has 0 radical (unpaired) electrons. The van der Waals surface area contributed by atoms with Crippen molar-refractivity contribution < 1.29 is 0 Å². The maximum atomic E-state index is 5.98. The lowest BCUT2D eigenvalue weighted by Crippen LogP contribution is -1.98. The quantitative estimate of drug-likeness (QED) is 0.751. The number of nitrogens with one attached hydrogen (secondary N) is 1. The SMILES string of the molecule is Nc1ncnc(-c2cn[nH]c2)c1-c1ccc(Cl)cc1. The Kier molecular flexibility index (Phi) is 2.89. The number of hydrogen-bond donors (Lipinski definition) is 2. The average molecular weight is 272 g/mol. The van der Waals surface area contributed by atoms with Crippen molar-refractivity contribution in [2.75, 3.05) is 5.73 Å². The molecule has 0 unspecified atom stereocenters. The van der Waals surface area contributed by atoms with E-state index in [1.54, 1.807) is 12.4 Å². The summed E-state index contributed by atoms with van der Waals surface area (Å²) >= 11 is 5.90. The normalized spacial score (nSPS) is 10.6. The molecule has 0 bridgehead atoms. The summed E-state index contributed by atoms with van der Waals surface area (Å²) < 4.78 is 0. The van der Waals surface area contributed by atoms with Crippen LogP contribution >= 0.6 is 11.6 Å². The van der Waals surface area contributed by atoms with Crippen molar-refractivity contribution in [3.05, 3.63) is 48.0 Å². The van der Waals surface area contributed by atoms with Crippen LogP contribution in [0.15, 0.2) is 43.0 Å². The van der Waals surface area contributed by atoms with Crippen LogP contribution in [0.25, 0.3) is 22.4 Å². The zero-order valence-electron chi connectivity index (χ0n) is 9.84. The van der Waals surface area contributed by atoms with Gasteiger partial charge in [-0.2, -0.15) is 5.10 Å². The molecule has 3 N–H and O–H groups in total. The Hall–Kier alpha value is -2.40. The predicted molar refractivity (Wildman–Crippen MR) is 74.5 cm³/mol. The third kappa shape index (κ3) is 2.15. The van der Waals surface area contributed by atoms with E-state index in [1.807, 2.05) is 24.3 Å². The minimum absolute atomic E-state index is 0.425. The van der Waals surface area contributed by atoms with Crippen molar-refractivity contribution in [2.24, 2.45) is 0 Å². The van der Waals surface area contributed by atoms with Crippen LogP contribution in [0.4, 0.5) is 5.82 Å². The smallest absolute Gasteiger partial charge is 0.135 e. The Morgan fingerprint density at radius 2 is 1.84 bits per heavy atom. The molecule has 0 saturated heterocycles. The fraction of sp³-hybridized carbons (Fsp3) is 0. The van der Waals surface area contributed by atoms with Crippen molar-refractivity contribution >= 4 is 17.4 Å². The number of nitrogens with zero attached hydrogens (tertiary/aromatic N) is 3. The Bertz CT molecular complexity index is 692. The van der Waals surface area contributed by atoms with Gasteiger partial charge in [0, 0.05) is 16.8 Å². The van der Waals surface area contributed by atoms with Gasteiger partial charge in [-0.05, 0) is 17.7 Å². The lowest BCUT2D eigenvalue weighted by molar-refractivity contribution is 1.09. The van der Waals surface area contributed by atoms with Crippen LogP contribution in [0.2, 0.25) is 5.02 Å². The predicted octanol–water partition coefficient (Wildman–Crippen LogP) is 2.77.